The molecule has 9 rings (SSSR count). The van der Waals surface area contributed by atoms with Gasteiger partial charge in [-0.25, -0.2) is 0 Å². The Balaban J connectivity index is 1.02. The average molecular weight is 659 g/mol. The third kappa shape index (κ3) is 5.28. The maximum Gasteiger partial charge on any atom is 0.178 e. The molecule has 0 spiro atoms. The van der Waals surface area contributed by atoms with Gasteiger partial charge in [-0.1, -0.05) is 130 Å². The average Bonchev–Trinajstić information content (AvgIpc) is 3.42. The number of hydrogen-bond acceptors (Lipinski definition) is 3. The van der Waals surface area contributed by atoms with Crippen molar-refractivity contribution in [1.82, 2.24) is 5.32 Å². The van der Waals surface area contributed by atoms with E-state index in [9.17, 15) is 0 Å². The van der Waals surface area contributed by atoms with Crippen LogP contribution in [-0.2, 0) is 11.0 Å². The van der Waals surface area contributed by atoms with E-state index in [1.54, 1.807) is 0 Å². The summed E-state index contributed by atoms with van der Waals surface area (Å²) in [5.41, 5.74) is 9.43. The molecule has 3 heterocycles. The number of benzene rings is 5. The monoisotopic (exact) mass is 658 g/mol. The highest BCUT2D eigenvalue weighted by atomic mass is 16.5. The Hall–Kier alpha value is -4.34. The zero-order valence-electron chi connectivity index (χ0n) is 29.8. The van der Waals surface area contributed by atoms with Gasteiger partial charge in [0, 0.05) is 46.3 Å². The molecule has 1 aliphatic carbocycles. The molecule has 0 amide bonds. The van der Waals surface area contributed by atoms with Crippen LogP contribution in [0.15, 0.2) is 109 Å². The normalized spacial score (nSPS) is 21.4. The minimum absolute atomic E-state index is 0.136. The Morgan fingerprint density at radius 3 is 2.10 bits per heavy atom. The van der Waals surface area contributed by atoms with E-state index in [0.29, 0.717) is 0 Å². The van der Waals surface area contributed by atoms with Gasteiger partial charge in [0.2, 0.25) is 0 Å². The van der Waals surface area contributed by atoms with Crippen molar-refractivity contribution >= 4 is 22.5 Å². The van der Waals surface area contributed by atoms with E-state index in [2.05, 4.69) is 139 Å². The molecule has 0 saturated carbocycles. The van der Waals surface area contributed by atoms with Gasteiger partial charge in [-0.15, -0.1) is 0 Å². The highest BCUT2D eigenvalue weighted by Gasteiger charge is 2.44. The molecule has 2 saturated heterocycles. The Bertz CT molecular complexity index is 2030. The summed E-state index contributed by atoms with van der Waals surface area (Å²) in [6.45, 7) is 9.49. The zero-order valence-corrected chi connectivity index (χ0v) is 29.8. The van der Waals surface area contributed by atoms with Crippen molar-refractivity contribution in [3.8, 4) is 16.9 Å². The van der Waals surface area contributed by atoms with Crippen LogP contribution in [0.4, 0.5) is 5.69 Å². The van der Waals surface area contributed by atoms with Crippen LogP contribution in [0.2, 0.25) is 0 Å². The third-order valence-electron chi connectivity index (χ3n) is 12.6. The molecule has 3 heteroatoms. The number of hydrogen-bond donors (Lipinski definition) is 1. The lowest BCUT2D eigenvalue weighted by atomic mass is 9.77. The number of piperidine rings is 2. The van der Waals surface area contributed by atoms with E-state index >= 15 is 0 Å². The second-order valence-electron chi connectivity index (χ2n) is 15.8. The second-order valence-corrected chi connectivity index (χ2v) is 15.8. The number of anilines is 1. The summed E-state index contributed by atoms with van der Waals surface area (Å²) in [4.78, 5) is 2.60. The van der Waals surface area contributed by atoms with Gasteiger partial charge in [-0.05, 0) is 96.5 Å². The van der Waals surface area contributed by atoms with Gasteiger partial charge >= 0.3 is 0 Å². The van der Waals surface area contributed by atoms with Crippen molar-refractivity contribution in [3.63, 3.8) is 0 Å². The van der Waals surface area contributed by atoms with Gasteiger partial charge in [0.1, 0.15) is 5.75 Å². The number of ether oxygens (including phenoxy) is 1. The lowest BCUT2D eigenvalue weighted by Crippen LogP contribution is -2.35. The fourth-order valence-electron chi connectivity index (χ4n) is 9.83. The molecule has 1 atom stereocenters. The molecule has 4 aliphatic rings. The number of nitrogens with zero attached hydrogens (tertiary/aromatic N) is 1. The van der Waals surface area contributed by atoms with Crippen molar-refractivity contribution in [2.75, 3.05) is 31.1 Å². The smallest absolute Gasteiger partial charge is 0.178 e. The van der Waals surface area contributed by atoms with Crippen LogP contribution in [0.25, 0.3) is 28.0 Å². The first-order chi connectivity index (χ1) is 24.5. The van der Waals surface area contributed by atoms with Gasteiger partial charge in [0.25, 0.3) is 0 Å². The minimum atomic E-state index is -0.735. The van der Waals surface area contributed by atoms with E-state index < -0.39 is 5.60 Å². The van der Waals surface area contributed by atoms with Crippen LogP contribution < -0.4 is 15.0 Å². The van der Waals surface area contributed by atoms with E-state index in [-0.39, 0.29) is 5.41 Å². The van der Waals surface area contributed by atoms with Gasteiger partial charge in [-0.2, -0.15) is 0 Å². The SMILES string of the molecule is CC1(C)c2ccccc2-c2c1c1c(c3ccccc23)OC(c2ccccc2)(c2ccc(N3CCC(CCCC4CCNCC4)CC3)cc2)C=C1. The summed E-state index contributed by atoms with van der Waals surface area (Å²) in [6, 6.07) is 37.9. The van der Waals surface area contributed by atoms with Gasteiger partial charge in [-0.3, -0.25) is 0 Å². The highest BCUT2D eigenvalue weighted by molar-refractivity contribution is 6.08. The van der Waals surface area contributed by atoms with E-state index in [1.807, 2.05) is 0 Å². The van der Waals surface area contributed by atoms with E-state index in [0.717, 1.165) is 41.8 Å². The van der Waals surface area contributed by atoms with Crippen LogP contribution in [0, 0.1) is 11.8 Å². The van der Waals surface area contributed by atoms with Crippen LogP contribution in [0.3, 0.4) is 0 Å². The predicted molar refractivity (Wildman–Crippen MR) is 209 cm³/mol. The van der Waals surface area contributed by atoms with Gasteiger partial charge in [0.05, 0.1) is 0 Å². The van der Waals surface area contributed by atoms with Crippen molar-refractivity contribution in [2.24, 2.45) is 11.8 Å². The largest absolute Gasteiger partial charge is 0.472 e. The van der Waals surface area contributed by atoms with Crippen molar-refractivity contribution in [1.29, 1.82) is 0 Å². The molecular weight excluding hydrogens is 609 g/mol. The predicted octanol–water partition coefficient (Wildman–Crippen LogP) is 10.9. The van der Waals surface area contributed by atoms with Crippen molar-refractivity contribution < 1.29 is 4.74 Å². The Morgan fingerprint density at radius 2 is 1.34 bits per heavy atom. The lowest BCUT2D eigenvalue weighted by Gasteiger charge is -2.39. The molecule has 1 N–H and O–H groups in total. The van der Waals surface area contributed by atoms with Crippen molar-refractivity contribution in [2.45, 2.75) is 69.8 Å². The quantitative estimate of drug-likeness (QED) is 0.188. The molecule has 1 unspecified atom stereocenters. The lowest BCUT2D eigenvalue weighted by molar-refractivity contribution is 0.163. The summed E-state index contributed by atoms with van der Waals surface area (Å²) in [5, 5.41) is 5.96. The molecule has 5 aromatic rings. The van der Waals surface area contributed by atoms with E-state index in [1.165, 1.54) is 102 Å². The molecular formula is C47H50N2O. The summed E-state index contributed by atoms with van der Waals surface area (Å²) in [5.74, 6) is 2.82. The Morgan fingerprint density at radius 1 is 0.700 bits per heavy atom. The molecule has 5 aromatic carbocycles. The van der Waals surface area contributed by atoms with Crippen LogP contribution in [0.1, 0.15) is 86.6 Å². The molecule has 3 aliphatic heterocycles. The highest BCUT2D eigenvalue weighted by Crippen LogP contribution is 2.58. The molecule has 2 fully saturated rings. The third-order valence-corrected chi connectivity index (χ3v) is 12.6. The molecule has 0 radical (unpaired) electrons. The second kappa shape index (κ2) is 12.8. The molecule has 0 bridgehead atoms. The first kappa shape index (κ1) is 31.6. The number of nitrogens with one attached hydrogen (secondary N) is 1. The zero-order chi connectivity index (χ0) is 33.7. The minimum Gasteiger partial charge on any atom is -0.472 e. The van der Waals surface area contributed by atoms with Gasteiger partial charge in [0.15, 0.2) is 5.60 Å². The van der Waals surface area contributed by atoms with Crippen LogP contribution >= 0.6 is 0 Å². The number of rotatable bonds is 7. The standard InChI is InChI=1S/C47H50N2O/c1-46(2)42-18-9-8-17-40(42)43-38-15-6-7-16-39(38)45-41(44(43)46)23-28-47(50-45,35-13-4-3-5-14-35)36-19-21-37(22-20-36)49-31-26-34(27-32-49)12-10-11-33-24-29-48-30-25-33/h3-9,13-23,28,33-34,48H,10-12,24-27,29-32H2,1-2H3. The summed E-state index contributed by atoms with van der Waals surface area (Å²) >= 11 is 0. The Labute approximate surface area is 298 Å². The number of fused-ring (bicyclic) bond motifs is 8. The summed E-state index contributed by atoms with van der Waals surface area (Å²) in [7, 11) is 0. The molecule has 0 aromatic heterocycles. The Kier molecular flexibility index (Phi) is 8.08. The summed E-state index contributed by atoms with van der Waals surface area (Å²) in [6.07, 6.45) is 14.3. The first-order valence-electron chi connectivity index (χ1n) is 19.2. The molecule has 3 nitrogen and oxygen atoms in total. The van der Waals surface area contributed by atoms with Crippen LogP contribution in [-0.4, -0.2) is 26.2 Å². The maximum atomic E-state index is 7.50. The van der Waals surface area contributed by atoms with Crippen LogP contribution in [0.5, 0.6) is 5.75 Å². The fraction of sp³-hybridized carbons (Fsp3) is 0.362. The maximum absolute atomic E-state index is 7.50. The molecule has 50 heavy (non-hydrogen) atoms. The first-order valence-corrected chi connectivity index (χ1v) is 19.2. The fourth-order valence-corrected chi connectivity index (χ4v) is 9.83. The molecule has 254 valence electrons. The van der Waals surface area contributed by atoms with Gasteiger partial charge < -0.3 is 15.0 Å². The topological polar surface area (TPSA) is 24.5 Å². The van der Waals surface area contributed by atoms with E-state index in [4.69, 9.17) is 4.74 Å². The summed E-state index contributed by atoms with van der Waals surface area (Å²) < 4.78 is 7.50. The van der Waals surface area contributed by atoms with Crippen molar-refractivity contribution in [3.05, 3.63) is 137 Å².